The zero-order valence-electron chi connectivity index (χ0n) is 14.9. The van der Waals surface area contributed by atoms with Crippen LogP contribution in [0.3, 0.4) is 0 Å². The number of hydrogen-bond acceptors (Lipinski definition) is 2. The molecule has 0 spiro atoms. The molecular formula is C21H30O2. The molecule has 0 unspecified atom stereocenters. The summed E-state index contributed by atoms with van der Waals surface area (Å²) in [5.41, 5.74) is 4.25. The van der Waals surface area contributed by atoms with Crippen molar-refractivity contribution >= 4 is 0 Å². The number of benzene rings is 1. The summed E-state index contributed by atoms with van der Waals surface area (Å²) in [6.45, 7) is 8.09. The van der Waals surface area contributed by atoms with Crippen LogP contribution in [0, 0.1) is 0 Å². The van der Waals surface area contributed by atoms with Gasteiger partial charge in [0.2, 0.25) is 0 Å². The molecule has 23 heavy (non-hydrogen) atoms. The molecule has 0 saturated heterocycles. The average molecular weight is 314 g/mol. The number of fused-ring (bicyclic) bond motifs is 1. The summed E-state index contributed by atoms with van der Waals surface area (Å²) < 4.78 is 11.5. The molecule has 0 amide bonds. The zero-order valence-corrected chi connectivity index (χ0v) is 14.9. The molecule has 0 fully saturated rings. The van der Waals surface area contributed by atoms with E-state index in [2.05, 4.69) is 39.0 Å². The number of allylic oxidation sites excluding steroid dienone is 3. The Bertz CT molecular complexity index is 549. The van der Waals surface area contributed by atoms with Gasteiger partial charge in [0.25, 0.3) is 0 Å². The molecule has 1 heterocycles. The molecule has 1 aromatic carbocycles. The Morgan fingerprint density at radius 2 is 2.04 bits per heavy atom. The van der Waals surface area contributed by atoms with Crippen molar-refractivity contribution in [1.82, 2.24) is 0 Å². The highest BCUT2D eigenvalue weighted by molar-refractivity contribution is 5.41. The number of hydrogen-bond donors (Lipinski definition) is 0. The first-order chi connectivity index (χ1) is 11.2. The summed E-state index contributed by atoms with van der Waals surface area (Å²) in [6.07, 6.45) is 11.4. The Morgan fingerprint density at radius 3 is 2.83 bits per heavy atom. The lowest BCUT2D eigenvalue weighted by molar-refractivity contribution is 0.284. The van der Waals surface area contributed by atoms with Gasteiger partial charge in [0, 0.05) is 6.07 Å². The van der Waals surface area contributed by atoms with E-state index in [9.17, 15) is 0 Å². The summed E-state index contributed by atoms with van der Waals surface area (Å²) in [5, 5.41) is 0. The SMILES string of the molecule is CCC(=CCCC(C)=CCOc1ccc2c(c1)OCCC2)CC. The van der Waals surface area contributed by atoms with Crippen LogP contribution in [-0.2, 0) is 6.42 Å². The Balaban J connectivity index is 1.78. The van der Waals surface area contributed by atoms with Gasteiger partial charge in [-0.1, -0.05) is 37.1 Å². The summed E-state index contributed by atoms with van der Waals surface area (Å²) >= 11 is 0. The van der Waals surface area contributed by atoms with E-state index in [1.807, 2.05) is 12.1 Å². The van der Waals surface area contributed by atoms with E-state index in [1.165, 1.54) is 24.0 Å². The van der Waals surface area contributed by atoms with Crippen LogP contribution in [-0.4, -0.2) is 13.2 Å². The summed E-state index contributed by atoms with van der Waals surface area (Å²) in [4.78, 5) is 0. The van der Waals surface area contributed by atoms with Crippen LogP contribution in [0.25, 0.3) is 0 Å². The second-order valence-electron chi connectivity index (χ2n) is 6.19. The minimum absolute atomic E-state index is 0.628. The van der Waals surface area contributed by atoms with E-state index >= 15 is 0 Å². The maximum absolute atomic E-state index is 5.84. The minimum atomic E-state index is 0.628. The molecule has 0 atom stereocenters. The molecule has 0 bridgehead atoms. The highest BCUT2D eigenvalue weighted by Crippen LogP contribution is 2.29. The van der Waals surface area contributed by atoms with Crippen LogP contribution in [0.4, 0.5) is 0 Å². The second-order valence-corrected chi connectivity index (χ2v) is 6.19. The van der Waals surface area contributed by atoms with Crippen LogP contribution in [0.2, 0.25) is 0 Å². The minimum Gasteiger partial charge on any atom is -0.493 e. The van der Waals surface area contributed by atoms with Gasteiger partial charge in [-0.05, 0) is 63.2 Å². The smallest absolute Gasteiger partial charge is 0.126 e. The van der Waals surface area contributed by atoms with Crippen LogP contribution in [0.1, 0.15) is 58.4 Å². The molecule has 2 rings (SSSR count). The molecular weight excluding hydrogens is 284 g/mol. The monoisotopic (exact) mass is 314 g/mol. The third kappa shape index (κ3) is 5.78. The van der Waals surface area contributed by atoms with Gasteiger partial charge < -0.3 is 9.47 Å². The lowest BCUT2D eigenvalue weighted by atomic mass is 10.1. The first-order valence-corrected chi connectivity index (χ1v) is 8.95. The Kier molecular flexibility index (Phi) is 7.25. The lowest BCUT2D eigenvalue weighted by Crippen LogP contribution is -2.08. The van der Waals surface area contributed by atoms with Crippen molar-refractivity contribution in [3.05, 3.63) is 47.1 Å². The molecule has 2 heteroatoms. The van der Waals surface area contributed by atoms with E-state index in [-0.39, 0.29) is 0 Å². The van der Waals surface area contributed by atoms with Gasteiger partial charge in [-0.25, -0.2) is 0 Å². The largest absolute Gasteiger partial charge is 0.493 e. The van der Waals surface area contributed by atoms with Gasteiger partial charge >= 0.3 is 0 Å². The number of ether oxygens (including phenoxy) is 2. The molecule has 1 aliphatic heterocycles. The van der Waals surface area contributed by atoms with Crippen LogP contribution in [0.5, 0.6) is 11.5 Å². The zero-order chi connectivity index (χ0) is 16.5. The van der Waals surface area contributed by atoms with E-state index < -0.39 is 0 Å². The molecule has 1 aromatic rings. The molecule has 2 nitrogen and oxygen atoms in total. The van der Waals surface area contributed by atoms with Crippen molar-refractivity contribution in [2.75, 3.05) is 13.2 Å². The van der Waals surface area contributed by atoms with Crippen LogP contribution < -0.4 is 9.47 Å². The average Bonchev–Trinajstić information content (AvgIpc) is 2.58. The number of rotatable bonds is 8. The van der Waals surface area contributed by atoms with E-state index in [4.69, 9.17) is 9.47 Å². The van der Waals surface area contributed by atoms with E-state index in [0.717, 1.165) is 43.8 Å². The normalized spacial score (nSPS) is 14.0. The first-order valence-electron chi connectivity index (χ1n) is 8.95. The number of aryl methyl sites for hydroxylation is 1. The maximum atomic E-state index is 5.84. The second kappa shape index (κ2) is 9.44. The summed E-state index contributed by atoms with van der Waals surface area (Å²) in [7, 11) is 0. The third-order valence-electron chi connectivity index (χ3n) is 4.45. The fourth-order valence-electron chi connectivity index (χ4n) is 2.84. The van der Waals surface area contributed by atoms with Gasteiger partial charge in [0.05, 0.1) is 6.61 Å². The van der Waals surface area contributed by atoms with Crippen molar-refractivity contribution in [3.8, 4) is 11.5 Å². The molecule has 0 N–H and O–H groups in total. The Hall–Kier alpha value is -1.70. The molecule has 0 aromatic heterocycles. The summed E-state index contributed by atoms with van der Waals surface area (Å²) in [5.74, 6) is 1.89. The quantitative estimate of drug-likeness (QED) is 0.559. The van der Waals surface area contributed by atoms with E-state index in [0.29, 0.717) is 6.61 Å². The predicted molar refractivity (Wildman–Crippen MR) is 97.4 cm³/mol. The van der Waals surface area contributed by atoms with Gasteiger partial charge in [-0.15, -0.1) is 0 Å². The molecule has 126 valence electrons. The molecule has 0 radical (unpaired) electrons. The van der Waals surface area contributed by atoms with Crippen molar-refractivity contribution in [2.45, 2.75) is 59.3 Å². The van der Waals surface area contributed by atoms with Crippen molar-refractivity contribution in [1.29, 1.82) is 0 Å². The highest BCUT2D eigenvalue weighted by atomic mass is 16.5. The maximum Gasteiger partial charge on any atom is 0.126 e. The summed E-state index contributed by atoms with van der Waals surface area (Å²) in [6, 6.07) is 6.20. The lowest BCUT2D eigenvalue weighted by Gasteiger charge is -2.17. The van der Waals surface area contributed by atoms with Gasteiger partial charge in [0.15, 0.2) is 0 Å². The fraction of sp³-hybridized carbons (Fsp3) is 0.524. The van der Waals surface area contributed by atoms with Crippen LogP contribution >= 0.6 is 0 Å². The topological polar surface area (TPSA) is 18.5 Å². The van der Waals surface area contributed by atoms with Gasteiger partial charge in [-0.3, -0.25) is 0 Å². The van der Waals surface area contributed by atoms with Crippen molar-refractivity contribution in [3.63, 3.8) is 0 Å². The Labute approximate surface area is 141 Å². The highest BCUT2D eigenvalue weighted by Gasteiger charge is 2.10. The van der Waals surface area contributed by atoms with Gasteiger partial charge in [0.1, 0.15) is 18.1 Å². The molecule has 0 saturated carbocycles. The molecule has 0 aliphatic carbocycles. The van der Waals surface area contributed by atoms with Crippen molar-refractivity contribution in [2.24, 2.45) is 0 Å². The standard InChI is InChI=1S/C21H30O2/c1-4-18(5-2)9-6-8-17(3)13-15-22-20-12-11-19-10-7-14-23-21(19)16-20/h9,11-13,16H,4-8,10,14-15H2,1-3H3. The third-order valence-corrected chi connectivity index (χ3v) is 4.45. The first kappa shape index (κ1) is 17.7. The van der Waals surface area contributed by atoms with Crippen molar-refractivity contribution < 1.29 is 9.47 Å². The molecule has 1 aliphatic rings. The van der Waals surface area contributed by atoms with Gasteiger partial charge in [-0.2, -0.15) is 0 Å². The Morgan fingerprint density at radius 1 is 1.22 bits per heavy atom. The fourth-order valence-corrected chi connectivity index (χ4v) is 2.84. The van der Waals surface area contributed by atoms with Crippen LogP contribution in [0.15, 0.2) is 41.5 Å². The predicted octanol–water partition coefficient (Wildman–Crippen LogP) is 5.86. The van der Waals surface area contributed by atoms with E-state index in [1.54, 1.807) is 5.57 Å².